The molecule has 0 amide bonds. The topological polar surface area (TPSA) is 26.3 Å². The van der Waals surface area contributed by atoms with Crippen molar-refractivity contribution in [3.8, 4) is 22.3 Å². The van der Waals surface area contributed by atoms with Crippen molar-refractivity contribution in [3.63, 3.8) is 0 Å². The second kappa shape index (κ2) is 9.07. The molecule has 2 heterocycles. The van der Waals surface area contributed by atoms with Gasteiger partial charge in [-0.25, -0.2) is 0 Å². The zero-order valence-electron chi connectivity index (χ0n) is 24.3. The molecule has 9 aromatic rings. The van der Waals surface area contributed by atoms with Crippen LogP contribution in [0.2, 0.25) is 0 Å². The van der Waals surface area contributed by atoms with Crippen LogP contribution in [-0.4, -0.2) is 0 Å². The van der Waals surface area contributed by atoms with Crippen molar-refractivity contribution in [1.29, 1.82) is 0 Å². The molecule has 1 aliphatic rings. The fraction of sp³-hybridized carbons (Fsp3) is 0.0233. The first-order valence-electron chi connectivity index (χ1n) is 15.4. The molecule has 10 rings (SSSR count). The number of benzene rings is 7. The first-order chi connectivity index (χ1) is 22.3. The Morgan fingerprint density at radius 2 is 1.00 bits per heavy atom. The van der Waals surface area contributed by atoms with Crippen molar-refractivity contribution < 1.29 is 8.83 Å². The number of fused-ring (bicyclic) bond motifs is 9. The molecule has 0 saturated heterocycles. The first-order valence-corrected chi connectivity index (χ1v) is 15.4. The SMILES string of the molecule is c1ccc(C2(c3ccccc3)c3ccccc3-c3cc4c(cc32)oc2c(-c3ccc5oc6ccccc6c5c3)cccc24)cc1. The molecule has 1 aliphatic carbocycles. The first kappa shape index (κ1) is 24.6. The minimum Gasteiger partial charge on any atom is -0.456 e. The monoisotopic (exact) mass is 574 g/mol. The van der Waals surface area contributed by atoms with Gasteiger partial charge in [-0.15, -0.1) is 0 Å². The van der Waals surface area contributed by atoms with Crippen LogP contribution in [0.1, 0.15) is 22.3 Å². The number of rotatable bonds is 3. The van der Waals surface area contributed by atoms with E-state index in [4.69, 9.17) is 8.83 Å². The third-order valence-electron chi connectivity index (χ3n) is 9.76. The molecule has 0 saturated carbocycles. The summed E-state index contributed by atoms with van der Waals surface area (Å²) in [7, 11) is 0. The summed E-state index contributed by atoms with van der Waals surface area (Å²) in [6, 6.07) is 56.5. The summed E-state index contributed by atoms with van der Waals surface area (Å²) < 4.78 is 13.0. The molecule has 0 atom stereocenters. The Labute approximate surface area is 259 Å². The molecule has 0 aliphatic heterocycles. The van der Waals surface area contributed by atoms with Gasteiger partial charge < -0.3 is 8.83 Å². The molecular formula is C43H26O2. The average Bonchev–Trinajstić information content (AvgIpc) is 3.76. The Morgan fingerprint density at radius 1 is 0.356 bits per heavy atom. The van der Waals surface area contributed by atoms with Gasteiger partial charge in [0.1, 0.15) is 22.3 Å². The second-order valence-electron chi connectivity index (χ2n) is 12.0. The lowest BCUT2D eigenvalue weighted by Crippen LogP contribution is -2.28. The van der Waals surface area contributed by atoms with Gasteiger partial charge in [-0.1, -0.05) is 127 Å². The molecule has 210 valence electrons. The average molecular weight is 575 g/mol. The van der Waals surface area contributed by atoms with Gasteiger partial charge in [0.2, 0.25) is 0 Å². The van der Waals surface area contributed by atoms with Crippen LogP contribution < -0.4 is 0 Å². The normalized spacial score (nSPS) is 13.5. The standard InChI is InChI=1S/C43H26O2/c1-3-12-28(13-4-1)43(29-14-5-2-6-15-29)37-20-9-7-16-31(37)34-25-36-33-19-11-18-30(42(33)45-41(36)26-38(34)43)27-22-23-40-35(24-27)32-17-8-10-21-39(32)44-40/h1-26H. The lowest BCUT2D eigenvalue weighted by molar-refractivity contribution is 0.666. The highest BCUT2D eigenvalue weighted by Crippen LogP contribution is 2.57. The number of hydrogen-bond donors (Lipinski definition) is 0. The summed E-state index contributed by atoms with van der Waals surface area (Å²) in [5.41, 5.74) is 12.9. The van der Waals surface area contributed by atoms with E-state index < -0.39 is 5.41 Å². The van der Waals surface area contributed by atoms with Crippen LogP contribution in [0, 0.1) is 0 Å². The molecule has 7 aromatic carbocycles. The fourth-order valence-electron chi connectivity index (χ4n) is 7.85. The lowest BCUT2D eigenvalue weighted by Gasteiger charge is -2.33. The molecule has 2 nitrogen and oxygen atoms in total. The van der Waals surface area contributed by atoms with Gasteiger partial charge in [-0.2, -0.15) is 0 Å². The molecule has 0 bridgehead atoms. The van der Waals surface area contributed by atoms with Gasteiger partial charge in [-0.3, -0.25) is 0 Å². The quantitative estimate of drug-likeness (QED) is 0.210. The number of para-hydroxylation sites is 2. The maximum atomic E-state index is 6.88. The van der Waals surface area contributed by atoms with Gasteiger partial charge >= 0.3 is 0 Å². The Kier molecular flexibility index (Phi) is 4.95. The van der Waals surface area contributed by atoms with Crippen LogP contribution in [0.15, 0.2) is 167 Å². The van der Waals surface area contributed by atoms with Crippen LogP contribution in [0.25, 0.3) is 66.1 Å². The van der Waals surface area contributed by atoms with Crippen LogP contribution in [-0.2, 0) is 5.41 Å². The van der Waals surface area contributed by atoms with Crippen molar-refractivity contribution >= 4 is 43.9 Å². The Balaban J connectivity index is 1.26. The van der Waals surface area contributed by atoms with Crippen molar-refractivity contribution in [1.82, 2.24) is 0 Å². The Hall–Kier alpha value is -5.86. The van der Waals surface area contributed by atoms with Crippen LogP contribution >= 0.6 is 0 Å². The summed E-state index contributed by atoms with van der Waals surface area (Å²) in [6.45, 7) is 0. The van der Waals surface area contributed by atoms with E-state index in [0.29, 0.717) is 0 Å². The van der Waals surface area contributed by atoms with Gasteiger partial charge in [0.15, 0.2) is 0 Å². The summed E-state index contributed by atoms with van der Waals surface area (Å²) in [5.74, 6) is 0. The van der Waals surface area contributed by atoms with Crippen molar-refractivity contribution in [3.05, 3.63) is 180 Å². The van der Waals surface area contributed by atoms with E-state index in [1.165, 1.54) is 33.4 Å². The molecule has 2 aromatic heterocycles. The molecule has 0 unspecified atom stereocenters. The third-order valence-corrected chi connectivity index (χ3v) is 9.76. The zero-order chi connectivity index (χ0) is 29.5. The predicted molar refractivity (Wildman–Crippen MR) is 184 cm³/mol. The van der Waals surface area contributed by atoms with Gasteiger partial charge in [0.05, 0.1) is 5.41 Å². The molecule has 0 radical (unpaired) electrons. The molecule has 0 spiro atoms. The highest BCUT2D eigenvalue weighted by atomic mass is 16.3. The summed E-state index contributed by atoms with van der Waals surface area (Å²) in [6.07, 6.45) is 0. The summed E-state index contributed by atoms with van der Waals surface area (Å²) >= 11 is 0. The fourth-order valence-corrected chi connectivity index (χ4v) is 7.85. The lowest BCUT2D eigenvalue weighted by atomic mass is 9.67. The smallest absolute Gasteiger partial charge is 0.143 e. The van der Waals surface area contributed by atoms with E-state index in [2.05, 4.69) is 146 Å². The largest absolute Gasteiger partial charge is 0.456 e. The van der Waals surface area contributed by atoms with Gasteiger partial charge in [-0.05, 0) is 69.3 Å². The van der Waals surface area contributed by atoms with Gasteiger partial charge in [0.25, 0.3) is 0 Å². The summed E-state index contributed by atoms with van der Waals surface area (Å²) in [5, 5.41) is 4.49. The van der Waals surface area contributed by atoms with Crippen LogP contribution in [0.5, 0.6) is 0 Å². The Bertz CT molecular complexity index is 2550. The van der Waals surface area contributed by atoms with Crippen molar-refractivity contribution in [2.75, 3.05) is 0 Å². The number of hydrogen-bond acceptors (Lipinski definition) is 2. The third kappa shape index (κ3) is 3.29. The van der Waals surface area contributed by atoms with E-state index >= 15 is 0 Å². The maximum Gasteiger partial charge on any atom is 0.143 e. The molecule has 2 heteroatoms. The van der Waals surface area contributed by atoms with E-state index in [-0.39, 0.29) is 0 Å². The highest BCUT2D eigenvalue weighted by molar-refractivity contribution is 6.13. The summed E-state index contributed by atoms with van der Waals surface area (Å²) in [4.78, 5) is 0. The second-order valence-corrected chi connectivity index (χ2v) is 12.0. The predicted octanol–water partition coefficient (Wildman–Crippen LogP) is 11.5. The molecular weight excluding hydrogens is 548 g/mol. The molecule has 0 fully saturated rings. The molecule has 0 N–H and O–H groups in total. The van der Waals surface area contributed by atoms with Crippen LogP contribution in [0.4, 0.5) is 0 Å². The highest BCUT2D eigenvalue weighted by Gasteiger charge is 2.46. The van der Waals surface area contributed by atoms with Crippen molar-refractivity contribution in [2.24, 2.45) is 0 Å². The van der Waals surface area contributed by atoms with E-state index in [1.54, 1.807) is 0 Å². The van der Waals surface area contributed by atoms with Crippen LogP contribution in [0.3, 0.4) is 0 Å². The Morgan fingerprint density at radius 3 is 1.82 bits per heavy atom. The minimum absolute atomic E-state index is 0.460. The zero-order valence-corrected chi connectivity index (χ0v) is 24.3. The van der Waals surface area contributed by atoms with Crippen molar-refractivity contribution in [2.45, 2.75) is 5.41 Å². The van der Waals surface area contributed by atoms with E-state index in [0.717, 1.165) is 55.0 Å². The number of furan rings is 2. The van der Waals surface area contributed by atoms with Gasteiger partial charge in [0, 0.05) is 27.1 Å². The molecule has 45 heavy (non-hydrogen) atoms. The van der Waals surface area contributed by atoms with E-state index in [9.17, 15) is 0 Å². The van der Waals surface area contributed by atoms with E-state index in [1.807, 2.05) is 12.1 Å². The minimum atomic E-state index is -0.460. The maximum absolute atomic E-state index is 6.88.